The van der Waals surface area contributed by atoms with Crippen LogP contribution in [-0.4, -0.2) is 29.2 Å². The van der Waals surface area contributed by atoms with Crippen LogP contribution in [0.25, 0.3) is 0 Å². The summed E-state index contributed by atoms with van der Waals surface area (Å²) in [6.07, 6.45) is 4.52. The van der Waals surface area contributed by atoms with Gasteiger partial charge in [0.1, 0.15) is 6.10 Å². The molecule has 1 aliphatic rings. The molecule has 3 nitrogen and oxygen atoms in total. The van der Waals surface area contributed by atoms with Gasteiger partial charge in [-0.3, -0.25) is 4.79 Å². The minimum Gasteiger partial charge on any atom is -0.456 e. The van der Waals surface area contributed by atoms with Gasteiger partial charge < -0.3 is 9.47 Å². The van der Waals surface area contributed by atoms with Crippen LogP contribution in [0.2, 0.25) is 0 Å². The van der Waals surface area contributed by atoms with Crippen molar-refractivity contribution < 1.29 is 14.3 Å². The fraction of sp³-hybridized carbons (Fsp3) is 0.545. The summed E-state index contributed by atoms with van der Waals surface area (Å²) in [5, 5.41) is 0. The van der Waals surface area contributed by atoms with Crippen LogP contribution in [0.15, 0.2) is 24.3 Å². The highest BCUT2D eigenvalue weighted by atomic mass is 127. The molecule has 0 bridgehead atoms. The third kappa shape index (κ3) is 4.79. The Balaban J connectivity index is 2.37. The number of halogens is 1. The molecule has 0 saturated carbocycles. The van der Waals surface area contributed by atoms with Crippen molar-refractivity contribution in [1.29, 1.82) is 0 Å². The molecule has 0 amide bonds. The van der Waals surface area contributed by atoms with Gasteiger partial charge in [-0.1, -0.05) is 40.8 Å². The lowest BCUT2D eigenvalue weighted by Crippen LogP contribution is -2.28. The van der Waals surface area contributed by atoms with Crippen LogP contribution >= 0.6 is 22.6 Å². The third-order valence-electron chi connectivity index (χ3n) is 2.01. The minimum atomic E-state index is -0.275. The number of rotatable bonds is 4. The predicted molar refractivity (Wildman–Crippen MR) is 67.1 cm³/mol. The van der Waals surface area contributed by atoms with E-state index >= 15 is 0 Å². The summed E-state index contributed by atoms with van der Waals surface area (Å²) in [4.78, 5) is 10.7. The van der Waals surface area contributed by atoms with E-state index in [2.05, 4.69) is 29.2 Å². The summed E-state index contributed by atoms with van der Waals surface area (Å²) in [5.74, 6) is -0.275. The van der Waals surface area contributed by atoms with Crippen LogP contribution in [-0.2, 0) is 14.3 Å². The Labute approximate surface area is 104 Å². The molecule has 1 aliphatic heterocycles. The number of hydrogen-bond donors (Lipinski definition) is 0. The van der Waals surface area contributed by atoms with Crippen molar-refractivity contribution in [3.05, 3.63) is 24.3 Å². The van der Waals surface area contributed by atoms with Gasteiger partial charge in [0.25, 0.3) is 0 Å². The third-order valence-corrected chi connectivity index (χ3v) is 3.09. The van der Waals surface area contributed by atoms with Gasteiger partial charge in [0, 0.05) is 11.4 Å². The molecule has 0 aromatic rings. The molecule has 0 saturated heterocycles. The van der Waals surface area contributed by atoms with E-state index in [9.17, 15) is 4.79 Å². The van der Waals surface area contributed by atoms with Gasteiger partial charge >= 0.3 is 5.97 Å². The highest BCUT2D eigenvalue weighted by Crippen LogP contribution is 2.16. The van der Waals surface area contributed by atoms with Crippen molar-refractivity contribution in [3.8, 4) is 0 Å². The van der Waals surface area contributed by atoms with Gasteiger partial charge in [0.15, 0.2) is 0 Å². The van der Waals surface area contributed by atoms with Crippen LogP contribution in [0.1, 0.15) is 13.3 Å². The molecule has 4 heteroatoms. The van der Waals surface area contributed by atoms with Crippen LogP contribution in [0, 0.1) is 0 Å². The van der Waals surface area contributed by atoms with E-state index in [0.717, 1.165) is 16.4 Å². The molecule has 0 aromatic heterocycles. The first-order valence-corrected chi connectivity index (χ1v) is 6.34. The van der Waals surface area contributed by atoms with Gasteiger partial charge in [0.05, 0.1) is 12.7 Å². The molecule has 0 spiro atoms. The number of ether oxygens (including phenoxy) is 2. The van der Waals surface area contributed by atoms with E-state index in [1.807, 2.05) is 12.2 Å². The van der Waals surface area contributed by atoms with E-state index in [0.29, 0.717) is 6.61 Å². The fourth-order valence-corrected chi connectivity index (χ4v) is 1.64. The molecule has 2 atom stereocenters. The second kappa shape index (κ2) is 6.27. The van der Waals surface area contributed by atoms with E-state index in [4.69, 9.17) is 9.47 Å². The average Bonchev–Trinajstić information content (AvgIpc) is 2.20. The lowest BCUT2D eigenvalue weighted by Gasteiger charge is -2.23. The highest BCUT2D eigenvalue weighted by Gasteiger charge is 2.18. The maximum atomic E-state index is 10.7. The van der Waals surface area contributed by atoms with Gasteiger partial charge in [0.2, 0.25) is 0 Å². The smallest absolute Gasteiger partial charge is 0.303 e. The topological polar surface area (TPSA) is 35.5 Å². The van der Waals surface area contributed by atoms with Crippen molar-refractivity contribution >= 4 is 28.6 Å². The molecular formula is C11H15IO3. The lowest BCUT2D eigenvalue weighted by molar-refractivity contribution is -0.147. The number of hydrogen-bond acceptors (Lipinski definition) is 3. The second-order valence-corrected chi connectivity index (χ2v) is 4.26. The summed E-state index contributed by atoms with van der Waals surface area (Å²) < 4.78 is 11.5. The summed E-state index contributed by atoms with van der Waals surface area (Å²) in [6.45, 7) is 5.77. The second-order valence-electron chi connectivity index (χ2n) is 3.49. The van der Waals surface area contributed by atoms with Crippen molar-refractivity contribution in [2.45, 2.75) is 25.6 Å². The first-order chi connectivity index (χ1) is 7.11. The van der Waals surface area contributed by atoms with Crippen LogP contribution < -0.4 is 0 Å². The molecule has 15 heavy (non-hydrogen) atoms. The molecule has 1 heterocycles. The first kappa shape index (κ1) is 12.7. The first-order valence-electron chi connectivity index (χ1n) is 4.81. The van der Waals surface area contributed by atoms with E-state index in [1.165, 1.54) is 6.92 Å². The monoisotopic (exact) mass is 322 g/mol. The fourth-order valence-electron chi connectivity index (χ4n) is 1.33. The van der Waals surface area contributed by atoms with Crippen LogP contribution in [0.4, 0.5) is 0 Å². The zero-order valence-electron chi connectivity index (χ0n) is 8.74. The molecule has 1 rings (SSSR count). The number of carbonyl (C=O) groups excluding carboxylic acids is 1. The molecule has 0 aromatic carbocycles. The SMILES string of the molecule is C=C(CI)C[C@@H]1C=C[C@@H](OC(C)=O)CO1. The van der Waals surface area contributed by atoms with Crippen molar-refractivity contribution in [3.63, 3.8) is 0 Å². The molecule has 0 aliphatic carbocycles. The Kier molecular flexibility index (Phi) is 5.31. The predicted octanol–water partition coefficient (Wildman–Crippen LogP) is 2.25. The maximum absolute atomic E-state index is 10.7. The van der Waals surface area contributed by atoms with E-state index in [1.54, 1.807) is 0 Å². The summed E-state index contributed by atoms with van der Waals surface area (Å²) in [6, 6.07) is 0. The van der Waals surface area contributed by atoms with E-state index < -0.39 is 0 Å². The molecule has 0 unspecified atom stereocenters. The van der Waals surface area contributed by atoms with Gasteiger partial charge in [-0.15, -0.1) is 0 Å². The molecule has 0 N–H and O–H groups in total. The van der Waals surface area contributed by atoms with Gasteiger partial charge in [-0.2, -0.15) is 0 Å². The Hall–Kier alpha value is -0.360. The largest absolute Gasteiger partial charge is 0.456 e. The Morgan fingerprint density at radius 1 is 1.67 bits per heavy atom. The molecular weight excluding hydrogens is 307 g/mol. The van der Waals surface area contributed by atoms with Crippen molar-refractivity contribution in [2.24, 2.45) is 0 Å². The molecule has 0 radical (unpaired) electrons. The maximum Gasteiger partial charge on any atom is 0.303 e. The standard InChI is InChI=1S/C11H15IO3/c1-8(6-12)5-10-3-4-11(7-14-10)15-9(2)13/h3-4,10-11H,1,5-7H2,2H3/t10-,11+/m0/s1. The quantitative estimate of drug-likeness (QED) is 0.345. The van der Waals surface area contributed by atoms with Crippen molar-refractivity contribution in [2.75, 3.05) is 11.0 Å². The number of alkyl halides is 1. The summed E-state index contributed by atoms with van der Waals surface area (Å²) in [5.41, 5.74) is 1.16. The Morgan fingerprint density at radius 3 is 2.87 bits per heavy atom. The lowest BCUT2D eigenvalue weighted by atomic mass is 10.1. The van der Waals surface area contributed by atoms with Gasteiger partial charge in [-0.05, 0) is 12.5 Å². The minimum absolute atomic E-state index is 0.0825. The van der Waals surface area contributed by atoms with Crippen LogP contribution in [0.5, 0.6) is 0 Å². The Bertz CT molecular complexity index is 273. The molecule has 0 fully saturated rings. The molecule has 84 valence electrons. The summed E-state index contributed by atoms with van der Waals surface area (Å²) in [7, 11) is 0. The Morgan fingerprint density at radius 2 is 2.40 bits per heavy atom. The number of esters is 1. The van der Waals surface area contributed by atoms with Crippen molar-refractivity contribution in [1.82, 2.24) is 0 Å². The summed E-state index contributed by atoms with van der Waals surface area (Å²) >= 11 is 2.28. The zero-order valence-corrected chi connectivity index (χ0v) is 10.9. The zero-order chi connectivity index (χ0) is 11.3. The number of carbonyl (C=O) groups is 1. The van der Waals surface area contributed by atoms with Gasteiger partial charge in [-0.25, -0.2) is 0 Å². The highest BCUT2D eigenvalue weighted by molar-refractivity contribution is 14.1. The van der Waals surface area contributed by atoms with E-state index in [-0.39, 0.29) is 18.2 Å². The normalized spacial score (nSPS) is 24.9. The average molecular weight is 322 g/mol. The van der Waals surface area contributed by atoms with Crippen LogP contribution in [0.3, 0.4) is 0 Å².